The van der Waals surface area contributed by atoms with Crippen LogP contribution in [-0.4, -0.2) is 21.9 Å². The number of hydrogen-bond donors (Lipinski definition) is 1. The second-order valence-corrected chi connectivity index (χ2v) is 5.30. The zero-order valence-corrected chi connectivity index (χ0v) is 13.3. The van der Waals surface area contributed by atoms with Crippen molar-refractivity contribution in [3.63, 3.8) is 0 Å². The summed E-state index contributed by atoms with van der Waals surface area (Å²) >= 11 is 0. The molecule has 5 heteroatoms. The highest BCUT2D eigenvalue weighted by Gasteiger charge is 2.11. The highest BCUT2D eigenvalue weighted by atomic mass is 16.5. The van der Waals surface area contributed by atoms with Crippen molar-refractivity contribution in [3.8, 4) is 11.4 Å². The van der Waals surface area contributed by atoms with Crippen molar-refractivity contribution in [1.82, 2.24) is 20.1 Å². The molecule has 2 aromatic heterocycles. The highest BCUT2D eigenvalue weighted by Crippen LogP contribution is 2.21. The summed E-state index contributed by atoms with van der Waals surface area (Å²) in [4.78, 5) is 4.37. The van der Waals surface area contributed by atoms with Crippen LogP contribution in [0.3, 0.4) is 0 Å². The summed E-state index contributed by atoms with van der Waals surface area (Å²) in [5.74, 6) is 0.821. The molecule has 0 saturated heterocycles. The van der Waals surface area contributed by atoms with E-state index in [-0.39, 0.29) is 6.04 Å². The molecule has 0 unspecified atom stereocenters. The lowest BCUT2D eigenvalue weighted by Gasteiger charge is -2.18. The van der Waals surface area contributed by atoms with E-state index in [9.17, 15) is 0 Å². The van der Waals surface area contributed by atoms with Gasteiger partial charge >= 0.3 is 0 Å². The van der Waals surface area contributed by atoms with Crippen LogP contribution in [-0.2, 0) is 6.54 Å². The molecule has 1 N–H and O–H groups in total. The monoisotopic (exact) mass is 308 g/mol. The first-order chi connectivity index (χ1) is 11.3. The van der Waals surface area contributed by atoms with E-state index in [2.05, 4.69) is 34.5 Å². The molecule has 0 aliphatic carbocycles. The fraction of sp³-hybridized carbons (Fsp3) is 0.222. The Balaban J connectivity index is 1.75. The normalized spacial score (nSPS) is 12.1. The van der Waals surface area contributed by atoms with Gasteiger partial charge in [-0.25, -0.2) is 4.68 Å². The molecule has 0 amide bonds. The van der Waals surface area contributed by atoms with Gasteiger partial charge in [0, 0.05) is 37.2 Å². The van der Waals surface area contributed by atoms with Crippen molar-refractivity contribution < 1.29 is 4.74 Å². The Bertz CT molecular complexity index is 755. The van der Waals surface area contributed by atoms with E-state index in [1.165, 1.54) is 5.56 Å². The van der Waals surface area contributed by atoms with Crippen LogP contribution in [0.5, 0.6) is 5.75 Å². The van der Waals surface area contributed by atoms with Gasteiger partial charge in [0.1, 0.15) is 5.75 Å². The number of benzene rings is 1. The maximum absolute atomic E-state index is 5.23. The minimum atomic E-state index is 0.170. The van der Waals surface area contributed by atoms with E-state index < -0.39 is 0 Å². The second-order valence-electron chi connectivity index (χ2n) is 5.30. The summed E-state index contributed by atoms with van der Waals surface area (Å²) in [5, 5.41) is 7.84. The number of ether oxygens (including phenoxy) is 1. The molecule has 0 radical (unpaired) electrons. The van der Waals surface area contributed by atoms with Gasteiger partial charge in [-0.15, -0.1) is 0 Å². The van der Waals surface area contributed by atoms with Crippen LogP contribution in [0.1, 0.15) is 24.2 Å². The third-order valence-corrected chi connectivity index (χ3v) is 3.77. The number of nitrogens with one attached hydrogen (secondary N) is 1. The average Bonchev–Trinajstić information content (AvgIpc) is 3.14. The van der Waals surface area contributed by atoms with Crippen molar-refractivity contribution in [2.75, 3.05) is 7.11 Å². The van der Waals surface area contributed by atoms with Crippen molar-refractivity contribution in [2.45, 2.75) is 19.5 Å². The molecule has 0 aliphatic heterocycles. The van der Waals surface area contributed by atoms with Gasteiger partial charge in [-0.05, 0) is 30.7 Å². The molecule has 0 saturated carbocycles. The zero-order valence-electron chi connectivity index (χ0n) is 13.3. The van der Waals surface area contributed by atoms with Crippen molar-refractivity contribution in [1.29, 1.82) is 0 Å². The Kier molecular flexibility index (Phi) is 4.68. The van der Waals surface area contributed by atoms with Crippen LogP contribution in [0.4, 0.5) is 0 Å². The maximum atomic E-state index is 5.23. The van der Waals surface area contributed by atoms with Crippen molar-refractivity contribution in [2.24, 2.45) is 0 Å². The van der Waals surface area contributed by atoms with Gasteiger partial charge in [-0.3, -0.25) is 4.98 Å². The lowest BCUT2D eigenvalue weighted by molar-refractivity contribution is 0.413. The first-order valence-electron chi connectivity index (χ1n) is 7.59. The zero-order chi connectivity index (χ0) is 16.1. The number of para-hydroxylation sites is 1. The van der Waals surface area contributed by atoms with Crippen LogP contribution in [0.2, 0.25) is 0 Å². The summed E-state index contributed by atoms with van der Waals surface area (Å²) in [5.41, 5.74) is 3.22. The average molecular weight is 308 g/mol. The van der Waals surface area contributed by atoms with Gasteiger partial charge in [0.25, 0.3) is 0 Å². The fourth-order valence-electron chi connectivity index (χ4n) is 2.52. The number of aromatic nitrogens is 3. The van der Waals surface area contributed by atoms with E-state index in [0.717, 1.165) is 17.1 Å². The molecular weight excluding hydrogens is 288 g/mol. The first-order valence-corrected chi connectivity index (χ1v) is 7.59. The minimum Gasteiger partial charge on any atom is -0.497 e. The number of nitrogens with zero attached hydrogens (tertiary/aromatic N) is 3. The topological polar surface area (TPSA) is 52.0 Å². The molecule has 23 heavy (non-hydrogen) atoms. The smallest absolute Gasteiger partial charge is 0.122 e. The molecule has 0 bridgehead atoms. The highest BCUT2D eigenvalue weighted by molar-refractivity contribution is 5.42. The van der Waals surface area contributed by atoms with E-state index >= 15 is 0 Å². The Labute approximate surface area is 135 Å². The number of pyridine rings is 1. The molecular formula is C18H20N4O. The predicted molar refractivity (Wildman–Crippen MR) is 89.6 cm³/mol. The molecule has 3 aromatic rings. The summed E-state index contributed by atoms with van der Waals surface area (Å²) in [6.07, 6.45) is 5.50. The molecule has 2 heterocycles. The quantitative estimate of drug-likeness (QED) is 0.760. The Morgan fingerprint density at radius 2 is 2.04 bits per heavy atom. The van der Waals surface area contributed by atoms with Crippen LogP contribution in [0.15, 0.2) is 61.1 Å². The molecule has 1 aromatic carbocycles. The fourth-order valence-corrected chi connectivity index (χ4v) is 2.52. The lowest BCUT2D eigenvalue weighted by Crippen LogP contribution is -2.20. The molecule has 1 atom stereocenters. The third kappa shape index (κ3) is 3.57. The van der Waals surface area contributed by atoms with Crippen molar-refractivity contribution in [3.05, 3.63) is 72.3 Å². The summed E-state index contributed by atoms with van der Waals surface area (Å²) in [6.45, 7) is 2.81. The van der Waals surface area contributed by atoms with Crippen LogP contribution >= 0.6 is 0 Å². The Hall–Kier alpha value is -2.66. The Morgan fingerprint density at radius 3 is 2.83 bits per heavy atom. The SMILES string of the molecule is COc1ccnc(CN[C@@H](C)c2ccccc2-n2cccn2)c1. The third-order valence-electron chi connectivity index (χ3n) is 3.77. The number of rotatable bonds is 6. The maximum Gasteiger partial charge on any atom is 0.122 e. The van der Waals surface area contributed by atoms with E-state index in [0.29, 0.717) is 6.54 Å². The standard InChI is InChI=1S/C18H20N4O/c1-14(20-13-15-12-16(23-2)8-10-19-15)17-6-3-4-7-18(17)22-11-5-9-21-22/h3-12,14,20H,13H2,1-2H3/t14-/m0/s1. The van der Waals surface area contributed by atoms with Crippen LogP contribution in [0.25, 0.3) is 5.69 Å². The molecule has 0 spiro atoms. The van der Waals surface area contributed by atoms with E-state index in [1.54, 1.807) is 19.5 Å². The summed E-state index contributed by atoms with van der Waals surface area (Å²) in [7, 11) is 1.66. The van der Waals surface area contributed by atoms with Gasteiger partial charge in [0.2, 0.25) is 0 Å². The Morgan fingerprint density at radius 1 is 1.17 bits per heavy atom. The number of hydrogen-bond acceptors (Lipinski definition) is 4. The van der Waals surface area contributed by atoms with Gasteiger partial charge in [-0.2, -0.15) is 5.10 Å². The predicted octanol–water partition coefficient (Wildman–Crippen LogP) is 3.13. The van der Waals surface area contributed by atoms with Crippen LogP contribution in [0, 0.1) is 0 Å². The van der Waals surface area contributed by atoms with Gasteiger partial charge in [-0.1, -0.05) is 18.2 Å². The summed E-state index contributed by atoms with van der Waals surface area (Å²) in [6, 6.07) is 14.1. The molecule has 118 valence electrons. The number of methoxy groups -OCH3 is 1. The minimum absolute atomic E-state index is 0.170. The van der Waals surface area contributed by atoms with E-state index in [1.807, 2.05) is 41.2 Å². The van der Waals surface area contributed by atoms with Gasteiger partial charge in [0.05, 0.1) is 18.5 Å². The van der Waals surface area contributed by atoms with Gasteiger partial charge in [0.15, 0.2) is 0 Å². The second kappa shape index (κ2) is 7.07. The largest absolute Gasteiger partial charge is 0.497 e. The lowest BCUT2D eigenvalue weighted by atomic mass is 10.1. The summed E-state index contributed by atoms with van der Waals surface area (Å²) < 4.78 is 7.12. The van der Waals surface area contributed by atoms with Gasteiger partial charge < -0.3 is 10.1 Å². The molecule has 0 fully saturated rings. The molecule has 0 aliphatic rings. The van der Waals surface area contributed by atoms with Crippen LogP contribution < -0.4 is 10.1 Å². The van der Waals surface area contributed by atoms with E-state index in [4.69, 9.17) is 4.74 Å². The first kappa shape index (κ1) is 15.2. The molecule has 5 nitrogen and oxygen atoms in total. The van der Waals surface area contributed by atoms with Crippen molar-refractivity contribution >= 4 is 0 Å². The molecule has 3 rings (SSSR count).